The van der Waals surface area contributed by atoms with Gasteiger partial charge in [0.05, 0.1) is 11.5 Å². The van der Waals surface area contributed by atoms with Gasteiger partial charge >= 0.3 is 0 Å². The fraction of sp³-hybridized carbons (Fsp3) is 0.600. The number of ether oxygens (including phenoxy) is 1. The Morgan fingerprint density at radius 1 is 1.24 bits per heavy atom. The summed E-state index contributed by atoms with van der Waals surface area (Å²) < 4.78 is 32.1. The Kier molecular flexibility index (Phi) is 5.61. The van der Waals surface area contributed by atoms with Crippen molar-refractivity contribution in [3.8, 4) is 5.75 Å². The highest BCUT2D eigenvalue weighted by Gasteiger charge is 2.19. The zero-order valence-corrected chi connectivity index (χ0v) is 13.4. The van der Waals surface area contributed by atoms with Gasteiger partial charge in [-0.15, -0.1) is 0 Å². The molecule has 2 rings (SSSR count). The van der Waals surface area contributed by atoms with Crippen LogP contribution in [0.15, 0.2) is 29.2 Å². The first-order chi connectivity index (χ1) is 9.97. The van der Waals surface area contributed by atoms with Gasteiger partial charge in [0.15, 0.2) is 0 Å². The minimum absolute atomic E-state index is 0.120. The van der Waals surface area contributed by atoms with Gasteiger partial charge in [0.2, 0.25) is 10.0 Å². The Bertz CT molecular complexity index is 537. The van der Waals surface area contributed by atoms with Crippen molar-refractivity contribution >= 4 is 10.0 Å². The average molecular weight is 312 g/mol. The largest absolute Gasteiger partial charge is 0.494 e. The van der Waals surface area contributed by atoms with E-state index in [1.165, 1.54) is 12.8 Å². The number of hydrogen-bond donors (Lipinski definition) is 2. The fourth-order valence-corrected chi connectivity index (χ4v) is 3.20. The van der Waals surface area contributed by atoms with Crippen LogP contribution < -0.4 is 14.8 Å². The van der Waals surface area contributed by atoms with Crippen LogP contribution in [0.3, 0.4) is 0 Å². The van der Waals surface area contributed by atoms with Gasteiger partial charge in [-0.2, -0.15) is 0 Å². The molecule has 5 nitrogen and oxygen atoms in total. The Hall–Kier alpha value is -1.11. The Labute approximate surface area is 127 Å². The Morgan fingerprint density at radius 2 is 1.90 bits per heavy atom. The molecule has 1 aliphatic rings. The highest BCUT2D eigenvalue weighted by atomic mass is 32.2. The molecule has 6 heteroatoms. The summed E-state index contributed by atoms with van der Waals surface area (Å²) in [6, 6.07) is 7.14. The maximum Gasteiger partial charge on any atom is 0.240 e. The van der Waals surface area contributed by atoms with E-state index >= 15 is 0 Å². The maximum absolute atomic E-state index is 12.0. The lowest BCUT2D eigenvalue weighted by Gasteiger charge is -2.10. The third-order valence-corrected chi connectivity index (χ3v) is 4.80. The Morgan fingerprint density at radius 3 is 2.48 bits per heavy atom. The first-order valence-electron chi connectivity index (χ1n) is 7.46. The summed E-state index contributed by atoms with van der Waals surface area (Å²) in [6.45, 7) is 5.20. The van der Waals surface area contributed by atoms with Crippen LogP contribution in [0, 0.1) is 0 Å². The lowest BCUT2D eigenvalue weighted by Crippen LogP contribution is -2.30. The highest BCUT2D eigenvalue weighted by molar-refractivity contribution is 7.89. The third kappa shape index (κ3) is 5.65. The van der Waals surface area contributed by atoms with Gasteiger partial charge in [-0.3, -0.25) is 0 Å². The van der Waals surface area contributed by atoms with Crippen molar-refractivity contribution in [3.05, 3.63) is 24.3 Å². The number of hydrogen-bond acceptors (Lipinski definition) is 4. The highest BCUT2D eigenvalue weighted by Crippen LogP contribution is 2.18. The lowest BCUT2D eigenvalue weighted by molar-refractivity contribution is 0.308. The second kappa shape index (κ2) is 7.24. The molecule has 0 heterocycles. The summed E-state index contributed by atoms with van der Waals surface area (Å²) >= 11 is 0. The van der Waals surface area contributed by atoms with Gasteiger partial charge in [-0.1, -0.05) is 0 Å². The molecule has 0 unspecified atom stereocenters. The van der Waals surface area contributed by atoms with Crippen molar-refractivity contribution in [2.45, 2.75) is 50.1 Å². The second-order valence-electron chi connectivity index (χ2n) is 5.68. The Balaban J connectivity index is 1.78. The minimum Gasteiger partial charge on any atom is -0.494 e. The molecule has 0 atom stereocenters. The summed E-state index contributed by atoms with van der Waals surface area (Å²) in [5.74, 6) is 0.699. The van der Waals surface area contributed by atoms with Crippen LogP contribution in [0.4, 0.5) is 0 Å². The van der Waals surface area contributed by atoms with E-state index in [0.29, 0.717) is 12.4 Å². The van der Waals surface area contributed by atoms with E-state index < -0.39 is 10.0 Å². The van der Waals surface area contributed by atoms with Crippen molar-refractivity contribution in [2.75, 3.05) is 13.2 Å². The summed E-state index contributed by atoms with van der Waals surface area (Å²) in [5, 5.41) is 3.42. The third-order valence-electron chi connectivity index (χ3n) is 3.13. The summed E-state index contributed by atoms with van der Waals surface area (Å²) in [4.78, 5) is 0.263. The van der Waals surface area contributed by atoms with Crippen molar-refractivity contribution in [2.24, 2.45) is 0 Å². The molecule has 1 saturated carbocycles. The first kappa shape index (κ1) is 16.3. The van der Waals surface area contributed by atoms with E-state index in [1.807, 2.05) is 0 Å². The van der Waals surface area contributed by atoms with Crippen LogP contribution in [0.2, 0.25) is 0 Å². The molecule has 118 valence electrons. The minimum atomic E-state index is -3.42. The van der Waals surface area contributed by atoms with Crippen LogP contribution >= 0.6 is 0 Å². The monoisotopic (exact) mass is 312 g/mol. The van der Waals surface area contributed by atoms with Crippen LogP contribution in [-0.4, -0.2) is 33.7 Å². The van der Waals surface area contributed by atoms with E-state index in [2.05, 4.69) is 10.0 Å². The molecule has 0 aromatic heterocycles. The lowest BCUT2D eigenvalue weighted by atomic mass is 10.3. The number of sulfonamides is 1. The molecule has 21 heavy (non-hydrogen) atoms. The van der Waals surface area contributed by atoms with Crippen molar-refractivity contribution in [1.29, 1.82) is 0 Å². The molecule has 1 aromatic carbocycles. The fourth-order valence-electron chi connectivity index (χ4n) is 1.95. The van der Waals surface area contributed by atoms with Crippen molar-refractivity contribution < 1.29 is 13.2 Å². The molecule has 0 radical (unpaired) electrons. The summed E-state index contributed by atoms with van der Waals surface area (Å²) in [7, 11) is -3.42. The zero-order valence-electron chi connectivity index (χ0n) is 12.6. The van der Waals surface area contributed by atoms with Gasteiger partial charge in [0.25, 0.3) is 0 Å². The van der Waals surface area contributed by atoms with Crippen LogP contribution in [0.1, 0.15) is 33.1 Å². The predicted molar refractivity (Wildman–Crippen MR) is 83.0 cm³/mol. The van der Waals surface area contributed by atoms with E-state index in [-0.39, 0.29) is 10.9 Å². The normalized spacial score (nSPS) is 15.4. The number of nitrogens with one attached hydrogen (secondary N) is 2. The van der Waals surface area contributed by atoms with E-state index in [9.17, 15) is 8.42 Å². The topological polar surface area (TPSA) is 67.4 Å². The van der Waals surface area contributed by atoms with Gasteiger partial charge in [-0.25, -0.2) is 13.1 Å². The molecule has 0 bridgehead atoms. The maximum atomic E-state index is 12.0. The van der Waals surface area contributed by atoms with E-state index in [4.69, 9.17) is 4.74 Å². The van der Waals surface area contributed by atoms with Gasteiger partial charge < -0.3 is 10.1 Å². The molecule has 1 aromatic rings. The number of benzene rings is 1. The molecular weight excluding hydrogens is 288 g/mol. The smallest absolute Gasteiger partial charge is 0.240 e. The summed E-state index contributed by atoms with van der Waals surface area (Å²) in [6.07, 6.45) is 3.54. The van der Waals surface area contributed by atoms with Crippen LogP contribution in [0.5, 0.6) is 5.75 Å². The quantitative estimate of drug-likeness (QED) is 0.683. The SMILES string of the molecule is CC(C)NS(=O)(=O)c1ccc(OCCCNC2CC2)cc1. The molecule has 0 aliphatic heterocycles. The molecule has 1 aliphatic carbocycles. The van der Waals surface area contributed by atoms with Crippen molar-refractivity contribution in [1.82, 2.24) is 10.0 Å². The van der Waals surface area contributed by atoms with Crippen LogP contribution in [-0.2, 0) is 10.0 Å². The van der Waals surface area contributed by atoms with Crippen molar-refractivity contribution in [3.63, 3.8) is 0 Å². The molecule has 0 spiro atoms. The predicted octanol–water partition coefficient (Wildman–Crippen LogP) is 1.89. The standard InChI is InChI=1S/C15H24N2O3S/c1-12(2)17-21(18,19)15-8-6-14(7-9-15)20-11-3-10-16-13-4-5-13/h6-9,12-13,16-17H,3-5,10-11H2,1-2H3. The van der Waals surface area contributed by atoms with Crippen LogP contribution in [0.25, 0.3) is 0 Å². The van der Waals surface area contributed by atoms with Gasteiger partial charge in [-0.05, 0) is 63.9 Å². The molecule has 1 fully saturated rings. The number of rotatable bonds is 9. The average Bonchev–Trinajstić information content (AvgIpc) is 3.21. The zero-order chi connectivity index (χ0) is 15.3. The van der Waals surface area contributed by atoms with Gasteiger partial charge in [0, 0.05) is 12.1 Å². The summed E-state index contributed by atoms with van der Waals surface area (Å²) in [5.41, 5.74) is 0. The molecular formula is C15H24N2O3S. The second-order valence-corrected chi connectivity index (χ2v) is 7.39. The van der Waals surface area contributed by atoms with E-state index in [1.54, 1.807) is 38.1 Å². The molecule has 0 saturated heterocycles. The van der Waals surface area contributed by atoms with E-state index in [0.717, 1.165) is 19.0 Å². The molecule has 0 amide bonds. The molecule has 2 N–H and O–H groups in total. The first-order valence-corrected chi connectivity index (χ1v) is 8.94. The van der Waals surface area contributed by atoms with Gasteiger partial charge in [0.1, 0.15) is 5.75 Å².